The Kier molecular flexibility index (Phi) is 4.34. The van der Waals surface area contributed by atoms with Crippen LogP contribution in [0.5, 0.6) is 5.75 Å². The van der Waals surface area contributed by atoms with Crippen LogP contribution in [-0.4, -0.2) is 36.9 Å². The molecular formula is C20H24N2O4. The number of hydrogen-bond acceptors (Lipinski definition) is 6. The Morgan fingerprint density at radius 3 is 2.81 bits per heavy atom. The summed E-state index contributed by atoms with van der Waals surface area (Å²) in [6.45, 7) is 7.50. The van der Waals surface area contributed by atoms with E-state index in [1.807, 2.05) is 32.9 Å². The molecule has 4 rings (SSSR count). The van der Waals surface area contributed by atoms with Gasteiger partial charge in [0.05, 0.1) is 24.5 Å². The molecule has 1 aromatic carbocycles. The van der Waals surface area contributed by atoms with Gasteiger partial charge in [0.25, 0.3) is 0 Å². The Labute approximate surface area is 153 Å². The molecule has 1 unspecified atom stereocenters. The van der Waals surface area contributed by atoms with E-state index in [9.17, 15) is 4.79 Å². The summed E-state index contributed by atoms with van der Waals surface area (Å²) in [5.41, 5.74) is 3.97. The second kappa shape index (κ2) is 6.67. The van der Waals surface area contributed by atoms with Crippen molar-refractivity contribution in [1.29, 1.82) is 0 Å². The first-order valence-corrected chi connectivity index (χ1v) is 9.22. The van der Waals surface area contributed by atoms with E-state index >= 15 is 0 Å². The molecule has 6 heteroatoms. The number of hydrogen-bond donors (Lipinski definition) is 0. The first-order valence-electron chi connectivity index (χ1n) is 9.22. The Hall–Kier alpha value is -2.50. The SMILES string of the molecule is CCOC(=O)C1CN(CC2CC2)c2cc(-c3c(C)noc3C)ccc2O1. The quantitative estimate of drug-likeness (QED) is 0.764. The van der Waals surface area contributed by atoms with Gasteiger partial charge in [-0.2, -0.15) is 0 Å². The molecule has 0 bridgehead atoms. The van der Waals surface area contributed by atoms with Crippen molar-refractivity contribution in [3.63, 3.8) is 0 Å². The largest absolute Gasteiger partial charge is 0.475 e. The molecular weight excluding hydrogens is 332 g/mol. The van der Waals surface area contributed by atoms with E-state index in [0.717, 1.165) is 40.6 Å². The van der Waals surface area contributed by atoms with Crippen molar-refractivity contribution < 1.29 is 18.8 Å². The fourth-order valence-corrected chi connectivity index (χ4v) is 3.55. The van der Waals surface area contributed by atoms with Gasteiger partial charge in [-0.05, 0) is 57.2 Å². The Bertz CT molecular complexity index is 806. The predicted molar refractivity (Wildman–Crippen MR) is 97.4 cm³/mol. The summed E-state index contributed by atoms with van der Waals surface area (Å²) in [7, 11) is 0. The van der Waals surface area contributed by atoms with Crippen molar-refractivity contribution in [2.75, 3.05) is 24.6 Å². The van der Waals surface area contributed by atoms with E-state index in [1.54, 1.807) is 0 Å². The van der Waals surface area contributed by atoms with E-state index in [2.05, 4.69) is 16.1 Å². The molecule has 1 aliphatic carbocycles. The van der Waals surface area contributed by atoms with Crippen LogP contribution in [0.4, 0.5) is 5.69 Å². The van der Waals surface area contributed by atoms with Gasteiger partial charge in [0.1, 0.15) is 11.5 Å². The second-order valence-electron chi connectivity index (χ2n) is 7.09. The van der Waals surface area contributed by atoms with E-state index < -0.39 is 6.10 Å². The van der Waals surface area contributed by atoms with Crippen LogP contribution in [0.2, 0.25) is 0 Å². The summed E-state index contributed by atoms with van der Waals surface area (Å²) in [6.07, 6.45) is 1.92. The predicted octanol–water partition coefficient (Wildman–Crippen LogP) is 3.50. The average molecular weight is 356 g/mol. The van der Waals surface area contributed by atoms with Gasteiger partial charge < -0.3 is 18.9 Å². The lowest BCUT2D eigenvalue weighted by molar-refractivity contribution is -0.151. The maximum Gasteiger partial charge on any atom is 0.349 e. The smallest absolute Gasteiger partial charge is 0.349 e. The summed E-state index contributed by atoms with van der Waals surface area (Å²) in [5.74, 6) is 1.93. The van der Waals surface area contributed by atoms with Crippen molar-refractivity contribution in [3.8, 4) is 16.9 Å². The van der Waals surface area contributed by atoms with Gasteiger partial charge in [0.15, 0.2) is 0 Å². The molecule has 1 aromatic heterocycles. The van der Waals surface area contributed by atoms with Crippen molar-refractivity contribution in [2.24, 2.45) is 5.92 Å². The summed E-state index contributed by atoms with van der Waals surface area (Å²) < 4.78 is 16.4. The Morgan fingerprint density at radius 1 is 1.35 bits per heavy atom. The fraction of sp³-hybridized carbons (Fsp3) is 0.500. The molecule has 0 spiro atoms. The third kappa shape index (κ3) is 3.16. The van der Waals surface area contributed by atoms with Gasteiger partial charge in [-0.3, -0.25) is 0 Å². The molecule has 2 aromatic rings. The van der Waals surface area contributed by atoms with E-state index in [4.69, 9.17) is 14.0 Å². The molecule has 138 valence electrons. The first-order chi connectivity index (χ1) is 12.6. The normalized spacial score (nSPS) is 19.0. The van der Waals surface area contributed by atoms with Gasteiger partial charge in [0, 0.05) is 12.1 Å². The number of aryl methyl sites for hydroxylation is 2. The van der Waals surface area contributed by atoms with Crippen LogP contribution in [0.1, 0.15) is 31.2 Å². The van der Waals surface area contributed by atoms with Crippen molar-refractivity contribution >= 4 is 11.7 Å². The number of anilines is 1. The molecule has 1 atom stereocenters. The lowest BCUT2D eigenvalue weighted by Gasteiger charge is -2.35. The molecule has 6 nitrogen and oxygen atoms in total. The van der Waals surface area contributed by atoms with Gasteiger partial charge in [-0.25, -0.2) is 4.79 Å². The highest BCUT2D eigenvalue weighted by molar-refractivity contribution is 5.80. The highest BCUT2D eigenvalue weighted by Crippen LogP contribution is 2.41. The van der Waals surface area contributed by atoms with Gasteiger partial charge >= 0.3 is 5.97 Å². The zero-order chi connectivity index (χ0) is 18.3. The van der Waals surface area contributed by atoms with Crippen molar-refractivity contribution in [3.05, 3.63) is 29.7 Å². The first kappa shape index (κ1) is 16.9. The number of fused-ring (bicyclic) bond motifs is 1. The van der Waals surface area contributed by atoms with E-state index in [0.29, 0.717) is 19.1 Å². The maximum atomic E-state index is 12.2. The van der Waals surface area contributed by atoms with Crippen molar-refractivity contribution in [2.45, 2.75) is 39.7 Å². The summed E-state index contributed by atoms with van der Waals surface area (Å²) >= 11 is 0. The fourth-order valence-electron chi connectivity index (χ4n) is 3.55. The molecule has 0 N–H and O–H groups in total. The standard InChI is InChI=1S/C20H24N2O4/c1-4-24-20(23)18-11-22(10-14-5-6-14)16-9-15(7-8-17(16)25-18)19-12(2)21-26-13(19)3/h7-9,14,18H,4-6,10-11H2,1-3H3. The lowest BCUT2D eigenvalue weighted by Crippen LogP contribution is -2.46. The molecule has 2 aliphatic rings. The van der Waals surface area contributed by atoms with E-state index in [-0.39, 0.29) is 5.97 Å². The zero-order valence-electron chi connectivity index (χ0n) is 15.4. The molecule has 0 amide bonds. The summed E-state index contributed by atoms with van der Waals surface area (Å²) in [6, 6.07) is 6.04. The number of rotatable bonds is 5. The molecule has 0 saturated heterocycles. The Balaban J connectivity index is 1.69. The van der Waals surface area contributed by atoms with Gasteiger partial charge in [0.2, 0.25) is 6.10 Å². The number of carbonyl (C=O) groups excluding carboxylic acids is 1. The molecule has 1 fully saturated rings. The zero-order valence-corrected chi connectivity index (χ0v) is 15.4. The van der Waals surface area contributed by atoms with Crippen LogP contribution in [0, 0.1) is 19.8 Å². The summed E-state index contributed by atoms with van der Waals surface area (Å²) in [4.78, 5) is 14.5. The van der Waals surface area contributed by atoms with Crippen LogP contribution in [0.15, 0.2) is 22.7 Å². The highest BCUT2D eigenvalue weighted by Gasteiger charge is 2.35. The van der Waals surface area contributed by atoms with Gasteiger partial charge in [-0.1, -0.05) is 11.2 Å². The van der Waals surface area contributed by atoms with Crippen LogP contribution < -0.4 is 9.64 Å². The second-order valence-corrected chi connectivity index (χ2v) is 7.09. The number of benzene rings is 1. The van der Waals surface area contributed by atoms with Crippen molar-refractivity contribution in [1.82, 2.24) is 5.16 Å². The number of esters is 1. The number of ether oxygens (including phenoxy) is 2. The number of nitrogens with zero attached hydrogens (tertiary/aromatic N) is 2. The molecule has 1 aliphatic heterocycles. The number of aromatic nitrogens is 1. The minimum absolute atomic E-state index is 0.297. The Morgan fingerprint density at radius 2 is 2.15 bits per heavy atom. The minimum Gasteiger partial charge on any atom is -0.475 e. The molecule has 2 heterocycles. The van der Waals surface area contributed by atoms with Crippen LogP contribution in [-0.2, 0) is 9.53 Å². The lowest BCUT2D eigenvalue weighted by atomic mass is 10.0. The number of carbonyl (C=O) groups is 1. The van der Waals surface area contributed by atoms with E-state index in [1.165, 1.54) is 12.8 Å². The molecule has 1 saturated carbocycles. The summed E-state index contributed by atoms with van der Waals surface area (Å²) in [5, 5.41) is 4.06. The minimum atomic E-state index is -0.578. The monoisotopic (exact) mass is 356 g/mol. The highest BCUT2D eigenvalue weighted by atomic mass is 16.6. The van der Waals surface area contributed by atoms with Crippen LogP contribution in [0.25, 0.3) is 11.1 Å². The molecule has 0 radical (unpaired) electrons. The maximum absolute atomic E-state index is 12.2. The molecule has 26 heavy (non-hydrogen) atoms. The van der Waals surface area contributed by atoms with Gasteiger partial charge in [-0.15, -0.1) is 0 Å². The van der Waals surface area contributed by atoms with Crippen LogP contribution in [0.3, 0.4) is 0 Å². The third-order valence-electron chi connectivity index (χ3n) is 5.00. The third-order valence-corrected chi connectivity index (χ3v) is 5.00. The topological polar surface area (TPSA) is 64.8 Å². The average Bonchev–Trinajstić information content (AvgIpc) is 3.38. The van der Waals surface area contributed by atoms with Crippen LogP contribution >= 0.6 is 0 Å².